The van der Waals surface area contributed by atoms with Gasteiger partial charge in [-0.05, 0) is 34.5 Å². The van der Waals surface area contributed by atoms with Gasteiger partial charge in [-0.25, -0.2) is 4.98 Å². The summed E-state index contributed by atoms with van der Waals surface area (Å²) in [6.07, 6.45) is 0.447. The Bertz CT molecular complexity index is 1210. The van der Waals surface area contributed by atoms with Crippen LogP contribution in [0.4, 0.5) is 5.13 Å². The molecule has 0 bridgehead atoms. The van der Waals surface area contributed by atoms with E-state index in [1.165, 1.54) is 5.39 Å². The summed E-state index contributed by atoms with van der Waals surface area (Å²) in [6, 6.07) is 20.4. The second kappa shape index (κ2) is 7.95. The topological polar surface area (TPSA) is 45.7 Å². The molecule has 0 aliphatic carbocycles. The van der Waals surface area contributed by atoms with Crippen molar-refractivity contribution in [2.75, 3.05) is 38.2 Å². The number of thiazole rings is 1. The maximum absolute atomic E-state index is 12.9. The molecule has 5 rings (SSSR count). The number of piperazine rings is 1. The van der Waals surface area contributed by atoms with Gasteiger partial charge in [0.05, 0.1) is 23.7 Å². The highest BCUT2D eigenvalue weighted by Crippen LogP contribution is 2.32. The Morgan fingerprint density at radius 2 is 1.83 bits per heavy atom. The summed E-state index contributed by atoms with van der Waals surface area (Å²) in [5.74, 6) is 1.04. The van der Waals surface area contributed by atoms with Crippen molar-refractivity contribution in [1.82, 2.24) is 9.88 Å². The van der Waals surface area contributed by atoms with E-state index in [-0.39, 0.29) is 5.91 Å². The summed E-state index contributed by atoms with van der Waals surface area (Å²) in [5, 5.41) is 3.36. The van der Waals surface area contributed by atoms with Gasteiger partial charge in [0.2, 0.25) is 5.91 Å². The number of benzene rings is 3. The molecule has 6 heteroatoms. The molecule has 4 aromatic rings. The molecule has 0 N–H and O–H groups in total. The standard InChI is InChI=1S/C24H23N3O2S/c1-29-19-9-10-21-22(16-19)30-24(25-21)27-13-11-26(12-14-27)23(28)15-18-7-4-6-17-5-2-3-8-20(17)18/h2-10,16H,11-15H2,1H3. The molecule has 1 aliphatic heterocycles. The Kier molecular flexibility index (Phi) is 5.01. The van der Waals surface area contributed by atoms with Crippen molar-refractivity contribution >= 4 is 43.4 Å². The molecular weight excluding hydrogens is 394 g/mol. The van der Waals surface area contributed by atoms with E-state index < -0.39 is 0 Å². The zero-order valence-corrected chi connectivity index (χ0v) is 17.7. The fraction of sp³-hybridized carbons (Fsp3) is 0.250. The number of carbonyl (C=O) groups is 1. The Balaban J connectivity index is 1.26. The zero-order valence-electron chi connectivity index (χ0n) is 16.9. The molecule has 0 atom stereocenters. The molecular formula is C24H23N3O2S. The van der Waals surface area contributed by atoms with Gasteiger partial charge in [-0.3, -0.25) is 4.79 Å². The van der Waals surface area contributed by atoms with Crippen LogP contribution in [-0.4, -0.2) is 49.1 Å². The molecule has 1 aliphatic rings. The number of anilines is 1. The van der Waals surface area contributed by atoms with Crippen molar-refractivity contribution in [2.45, 2.75) is 6.42 Å². The zero-order chi connectivity index (χ0) is 20.5. The number of hydrogen-bond acceptors (Lipinski definition) is 5. The lowest BCUT2D eigenvalue weighted by Crippen LogP contribution is -2.49. The van der Waals surface area contributed by atoms with Gasteiger partial charge >= 0.3 is 0 Å². The van der Waals surface area contributed by atoms with Crippen molar-refractivity contribution in [3.8, 4) is 5.75 Å². The largest absolute Gasteiger partial charge is 0.497 e. The highest BCUT2D eigenvalue weighted by atomic mass is 32.1. The number of fused-ring (bicyclic) bond motifs is 2. The van der Waals surface area contributed by atoms with E-state index in [4.69, 9.17) is 9.72 Å². The summed E-state index contributed by atoms with van der Waals surface area (Å²) in [4.78, 5) is 22.0. The Labute approximate surface area is 179 Å². The van der Waals surface area contributed by atoms with Gasteiger partial charge in [-0.15, -0.1) is 0 Å². The average molecular weight is 418 g/mol. The van der Waals surface area contributed by atoms with Gasteiger partial charge in [0.1, 0.15) is 5.75 Å². The van der Waals surface area contributed by atoms with Crippen molar-refractivity contribution in [3.05, 3.63) is 66.2 Å². The van der Waals surface area contributed by atoms with Gasteiger partial charge in [0, 0.05) is 26.2 Å². The van der Waals surface area contributed by atoms with Crippen molar-refractivity contribution in [2.24, 2.45) is 0 Å². The summed E-state index contributed by atoms with van der Waals surface area (Å²) in [7, 11) is 1.68. The van der Waals surface area contributed by atoms with Crippen molar-refractivity contribution < 1.29 is 9.53 Å². The number of methoxy groups -OCH3 is 1. The van der Waals surface area contributed by atoms with E-state index in [9.17, 15) is 4.79 Å². The Morgan fingerprint density at radius 3 is 2.67 bits per heavy atom. The number of rotatable bonds is 4. The minimum absolute atomic E-state index is 0.194. The summed E-state index contributed by atoms with van der Waals surface area (Å²) < 4.78 is 6.44. The monoisotopic (exact) mass is 417 g/mol. The maximum atomic E-state index is 12.9. The highest BCUT2D eigenvalue weighted by Gasteiger charge is 2.23. The molecule has 0 unspecified atom stereocenters. The number of nitrogens with zero attached hydrogens (tertiary/aromatic N) is 3. The van der Waals surface area contributed by atoms with Crippen molar-refractivity contribution in [3.63, 3.8) is 0 Å². The number of amides is 1. The fourth-order valence-electron chi connectivity index (χ4n) is 4.02. The van der Waals surface area contributed by atoms with Crippen molar-refractivity contribution in [1.29, 1.82) is 0 Å². The molecule has 1 saturated heterocycles. The molecule has 2 heterocycles. The summed E-state index contributed by atoms with van der Waals surface area (Å²) >= 11 is 1.68. The van der Waals surface area contributed by atoms with Gasteiger partial charge in [0.15, 0.2) is 5.13 Å². The number of ether oxygens (including phenoxy) is 1. The van der Waals surface area contributed by atoms with E-state index in [1.54, 1.807) is 18.4 Å². The lowest BCUT2D eigenvalue weighted by Gasteiger charge is -2.34. The third kappa shape index (κ3) is 3.59. The minimum atomic E-state index is 0.194. The van der Waals surface area contributed by atoms with Crippen LogP contribution in [0.2, 0.25) is 0 Å². The lowest BCUT2D eigenvalue weighted by molar-refractivity contribution is -0.130. The number of aromatic nitrogens is 1. The summed E-state index contributed by atoms with van der Waals surface area (Å²) in [6.45, 7) is 3.06. The second-order valence-corrected chi connectivity index (χ2v) is 8.52. The molecule has 152 valence electrons. The lowest BCUT2D eigenvalue weighted by atomic mass is 10.0. The molecule has 30 heavy (non-hydrogen) atoms. The van der Waals surface area contributed by atoms with E-state index >= 15 is 0 Å². The molecule has 0 radical (unpaired) electrons. The predicted octanol–water partition coefficient (Wildman–Crippen LogP) is 4.35. The first-order valence-electron chi connectivity index (χ1n) is 10.2. The van der Waals surface area contributed by atoms with Crippen LogP contribution in [0.3, 0.4) is 0 Å². The highest BCUT2D eigenvalue weighted by molar-refractivity contribution is 7.22. The maximum Gasteiger partial charge on any atom is 0.227 e. The smallest absolute Gasteiger partial charge is 0.227 e. The van der Waals surface area contributed by atoms with Crippen LogP contribution in [0.15, 0.2) is 60.7 Å². The first-order chi connectivity index (χ1) is 14.7. The van der Waals surface area contributed by atoms with Gasteiger partial charge in [0.25, 0.3) is 0 Å². The molecule has 0 spiro atoms. The average Bonchev–Trinajstić information content (AvgIpc) is 3.23. The number of carbonyl (C=O) groups excluding carboxylic acids is 1. The van der Waals surface area contributed by atoms with Crippen LogP contribution < -0.4 is 9.64 Å². The summed E-state index contributed by atoms with van der Waals surface area (Å²) in [5.41, 5.74) is 2.09. The van der Waals surface area contributed by atoms with Gasteiger partial charge < -0.3 is 14.5 Å². The van der Waals surface area contributed by atoms with Gasteiger partial charge in [-0.2, -0.15) is 0 Å². The van der Waals surface area contributed by atoms with E-state index in [1.807, 2.05) is 41.3 Å². The molecule has 1 amide bonds. The SMILES string of the molecule is COc1ccc2nc(N3CCN(C(=O)Cc4cccc5ccccc45)CC3)sc2c1. The Hall–Kier alpha value is -3.12. The normalized spacial score (nSPS) is 14.4. The minimum Gasteiger partial charge on any atom is -0.497 e. The van der Waals surface area contributed by atoms with Gasteiger partial charge in [-0.1, -0.05) is 53.8 Å². The van der Waals surface area contributed by atoms with Crippen LogP contribution in [0.5, 0.6) is 5.75 Å². The first kappa shape index (κ1) is 18.9. The molecule has 5 nitrogen and oxygen atoms in total. The molecule has 1 fully saturated rings. The van der Waals surface area contributed by atoms with Crippen LogP contribution in [-0.2, 0) is 11.2 Å². The fourth-order valence-corrected chi connectivity index (χ4v) is 5.07. The first-order valence-corrected chi connectivity index (χ1v) is 11.0. The predicted molar refractivity (Wildman–Crippen MR) is 123 cm³/mol. The van der Waals surface area contributed by atoms with E-state index in [2.05, 4.69) is 29.2 Å². The van der Waals surface area contributed by atoms with Crippen LogP contribution in [0, 0.1) is 0 Å². The third-order valence-electron chi connectivity index (χ3n) is 5.71. The van der Waals surface area contributed by atoms with Crippen LogP contribution in [0.25, 0.3) is 21.0 Å². The van der Waals surface area contributed by atoms with Crippen LogP contribution in [0.1, 0.15) is 5.56 Å². The van der Waals surface area contributed by atoms with E-state index in [0.717, 1.165) is 58.2 Å². The van der Waals surface area contributed by atoms with Crippen LogP contribution >= 0.6 is 11.3 Å². The quantitative estimate of drug-likeness (QED) is 0.495. The van der Waals surface area contributed by atoms with E-state index in [0.29, 0.717) is 6.42 Å². The molecule has 1 aromatic heterocycles. The Morgan fingerprint density at radius 1 is 1.03 bits per heavy atom. The molecule has 0 saturated carbocycles. The number of hydrogen-bond donors (Lipinski definition) is 0. The second-order valence-electron chi connectivity index (χ2n) is 7.51. The molecule has 3 aromatic carbocycles. The third-order valence-corrected chi connectivity index (χ3v) is 6.79.